The number of Topliss-reactive ketones (excluding diaryl/α,β-unsaturated/α-hetero) is 1. The molecule has 0 aliphatic carbocycles. The fraction of sp³-hybridized carbons (Fsp3) is 0.467. The molecule has 1 rings (SSSR count). The lowest BCUT2D eigenvalue weighted by atomic mass is 10.2. The highest BCUT2D eigenvalue weighted by Gasteiger charge is 2.11. The first-order valence-corrected chi connectivity index (χ1v) is 8.08. The van der Waals surface area contributed by atoms with Gasteiger partial charge in [0, 0.05) is 23.0 Å². The largest absolute Gasteiger partial charge is 0.466 e. The van der Waals surface area contributed by atoms with Crippen LogP contribution in [0.1, 0.15) is 30.9 Å². The fourth-order valence-corrected chi connectivity index (χ4v) is 2.92. The molecule has 0 fully saturated rings. The second kappa shape index (κ2) is 8.64. The van der Waals surface area contributed by atoms with Crippen molar-refractivity contribution in [2.45, 2.75) is 32.4 Å². The average molecular weight is 296 g/mol. The predicted octanol–water partition coefficient (Wildman–Crippen LogP) is 2.16. The lowest BCUT2D eigenvalue weighted by Gasteiger charge is -2.04. The molecule has 0 radical (unpaired) electrons. The standard InChI is InChI=1S/C15H20O4S/c1-3-19-15(17)8-7-14(16)11-20(18)10-13-6-4-5-12(2)9-13/h4-6,9H,3,7-8,10-11H2,1-2H3. The molecule has 4 nitrogen and oxygen atoms in total. The van der Waals surface area contributed by atoms with Crippen molar-refractivity contribution < 1.29 is 18.5 Å². The lowest BCUT2D eigenvalue weighted by molar-refractivity contribution is -0.144. The van der Waals surface area contributed by atoms with E-state index in [0.717, 1.165) is 11.1 Å². The van der Waals surface area contributed by atoms with Crippen LogP contribution in [-0.4, -0.2) is 28.3 Å². The van der Waals surface area contributed by atoms with Crippen LogP contribution in [0.25, 0.3) is 0 Å². The summed E-state index contributed by atoms with van der Waals surface area (Å²) in [7, 11) is -1.23. The van der Waals surface area contributed by atoms with Gasteiger partial charge in [0.25, 0.3) is 0 Å². The van der Waals surface area contributed by atoms with Crippen LogP contribution in [0, 0.1) is 6.92 Å². The summed E-state index contributed by atoms with van der Waals surface area (Å²) < 4.78 is 16.6. The highest BCUT2D eigenvalue weighted by atomic mass is 32.2. The van der Waals surface area contributed by atoms with E-state index in [1.807, 2.05) is 31.2 Å². The van der Waals surface area contributed by atoms with Crippen molar-refractivity contribution in [3.63, 3.8) is 0 Å². The molecule has 0 aliphatic rings. The first kappa shape index (κ1) is 16.6. The van der Waals surface area contributed by atoms with Crippen LogP contribution < -0.4 is 0 Å². The van der Waals surface area contributed by atoms with Crippen LogP contribution >= 0.6 is 0 Å². The summed E-state index contributed by atoms with van der Waals surface area (Å²) in [6.45, 7) is 4.00. The third-order valence-electron chi connectivity index (χ3n) is 2.65. The molecule has 1 atom stereocenters. The molecule has 0 spiro atoms. The van der Waals surface area contributed by atoms with E-state index in [0.29, 0.717) is 12.4 Å². The molecule has 110 valence electrons. The number of esters is 1. The maximum absolute atomic E-state index is 11.9. The molecule has 0 amide bonds. The van der Waals surface area contributed by atoms with Gasteiger partial charge < -0.3 is 4.74 Å². The molecular weight excluding hydrogens is 276 g/mol. The van der Waals surface area contributed by atoms with Crippen LogP contribution in [0.15, 0.2) is 24.3 Å². The highest BCUT2D eigenvalue weighted by molar-refractivity contribution is 7.84. The zero-order valence-corrected chi connectivity index (χ0v) is 12.7. The quantitative estimate of drug-likeness (QED) is 0.690. The summed E-state index contributed by atoms with van der Waals surface area (Å²) in [6.07, 6.45) is 0.159. The Morgan fingerprint density at radius 2 is 2.00 bits per heavy atom. The van der Waals surface area contributed by atoms with Crippen LogP contribution in [0.2, 0.25) is 0 Å². The van der Waals surface area contributed by atoms with Crippen LogP contribution in [0.4, 0.5) is 0 Å². The zero-order chi connectivity index (χ0) is 15.0. The van der Waals surface area contributed by atoms with Crippen LogP contribution in [0.3, 0.4) is 0 Å². The van der Waals surface area contributed by atoms with Crippen molar-refractivity contribution in [3.8, 4) is 0 Å². The number of benzene rings is 1. The van der Waals surface area contributed by atoms with E-state index in [4.69, 9.17) is 4.74 Å². The lowest BCUT2D eigenvalue weighted by Crippen LogP contribution is -2.14. The smallest absolute Gasteiger partial charge is 0.306 e. The van der Waals surface area contributed by atoms with Gasteiger partial charge in [-0.3, -0.25) is 13.8 Å². The second-order valence-corrected chi connectivity index (χ2v) is 6.02. The Morgan fingerprint density at radius 1 is 1.25 bits per heavy atom. The second-order valence-electron chi connectivity index (χ2n) is 4.56. The van der Waals surface area contributed by atoms with E-state index in [-0.39, 0.29) is 30.3 Å². The SMILES string of the molecule is CCOC(=O)CCC(=O)CS(=O)Cc1cccc(C)c1. The van der Waals surface area contributed by atoms with Crippen LogP contribution in [-0.2, 0) is 30.9 Å². The minimum Gasteiger partial charge on any atom is -0.466 e. The molecule has 1 aromatic rings. The minimum absolute atomic E-state index is 0.00660. The number of carbonyl (C=O) groups is 2. The van der Waals surface area contributed by atoms with Gasteiger partial charge in [-0.05, 0) is 19.4 Å². The van der Waals surface area contributed by atoms with Crippen LogP contribution in [0.5, 0.6) is 0 Å². The Labute approximate surface area is 122 Å². The molecule has 1 unspecified atom stereocenters. The molecule has 5 heteroatoms. The Kier molecular flexibility index (Phi) is 7.15. The van der Waals surface area contributed by atoms with Crippen molar-refractivity contribution >= 4 is 22.6 Å². The van der Waals surface area contributed by atoms with Gasteiger partial charge in [-0.15, -0.1) is 0 Å². The maximum Gasteiger partial charge on any atom is 0.306 e. The minimum atomic E-state index is -1.23. The zero-order valence-electron chi connectivity index (χ0n) is 11.9. The third kappa shape index (κ3) is 6.61. The number of ether oxygens (including phenoxy) is 1. The topological polar surface area (TPSA) is 60.4 Å². The summed E-state index contributed by atoms with van der Waals surface area (Å²) >= 11 is 0. The van der Waals surface area contributed by atoms with E-state index >= 15 is 0 Å². The van der Waals surface area contributed by atoms with E-state index in [2.05, 4.69) is 0 Å². The van der Waals surface area contributed by atoms with E-state index < -0.39 is 10.8 Å². The molecule has 0 saturated carbocycles. The fourth-order valence-electron chi connectivity index (χ4n) is 1.77. The summed E-state index contributed by atoms with van der Waals surface area (Å²) in [4.78, 5) is 22.7. The molecule has 0 bridgehead atoms. The normalized spacial score (nSPS) is 11.9. The monoisotopic (exact) mass is 296 g/mol. The number of hydrogen-bond acceptors (Lipinski definition) is 4. The molecule has 0 N–H and O–H groups in total. The van der Waals surface area contributed by atoms with Gasteiger partial charge in [-0.1, -0.05) is 29.8 Å². The van der Waals surface area contributed by atoms with Gasteiger partial charge in [0.1, 0.15) is 5.78 Å². The molecule has 0 aliphatic heterocycles. The van der Waals surface area contributed by atoms with Gasteiger partial charge in [-0.2, -0.15) is 0 Å². The van der Waals surface area contributed by atoms with E-state index in [1.54, 1.807) is 6.92 Å². The maximum atomic E-state index is 11.9. The number of ketones is 1. The van der Waals surface area contributed by atoms with Gasteiger partial charge in [0.05, 0.1) is 18.8 Å². The predicted molar refractivity (Wildman–Crippen MR) is 78.8 cm³/mol. The number of aryl methyl sites for hydroxylation is 1. The van der Waals surface area contributed by atoms with Gasteiger partial charge in [0.2, 0.25) is 0 Å². The Hall–Kier alpha value is -1.49. The van der Waals surface area contributed by atoms with E-state index in [1.165, 1.54) is 0 Å². The summed E-state index contributed by atoms with van der Waals surface area (Å²) in [6, 6.07) is 7.73. The summed E-state index contributed by atoms with van der Waals surface area (Å²) in [5.74, 6) is -0.186. The molecule has 1 aromatic carbocycles. The molecule has 20 heavy (non-hydrogen) atoms. The van der Waals surface area contributed by atoms with Crippen molar-refractivity contribution in [1.29, 1.82) is 0 Å². The average Bonchev–Trinajstić information content (AvgIpc) is 2.36. The number of rotatable bonds is 8. The van der Waals surface area contributed by atoms with Crippen molar-refractivity contribution in [2.75, 3.05) is 12.4 Å². The van der Waals surface area contributed by atoms with Gasteiger partial charge in [0.15, 0.2) is 0 Å². The van der Waals surface area contributed by atoms with Crippen molar-refractivity contribution in [3.05, 3.63) is 35.4 Å². The Balaban J connectivity index is 2.35. The summed E-state index contributed by atoms with van der Waals surface area (Å²) in [5, 5.41) is 0. The van der Waals surface area contributed by atoms with E-state index in [9.17, 15) is 13.8 Å². The summed E-state index contributed by atoms with van der Waals surface area (Å²) in [5.41, 5.74) is 2.06. The third-order valence-corrected chi connectivity index (χ3v) is 3.94. The number of hydrogen-bond donors (Lipinski definition) is 0. The van der Waals surface area contributed by atoms with Gasteiger partial charge in [-0.25, -0.2) is 0 Å². The molecule has 0 heterocycles. The molecule has 0 aromatic heterocycles. The highest BCUT2D eigenvalue weighted by Crippen LogP contribution is 2.07. The Bertz CT molecular complexity index is 496. The Morgan fingerprint density at radius 3 is 2.65 bits per heavy atom. The van der Waals surface area contributed by atoms with Crippen molar-refractivity contribution in [2.24, 2.45) is 0 Å². The number of carbonyl (C=O) groups excluding carboxylic acids is 2. The first-order chi connectivity index (χ1) is 9.51. The molecular formula is C15H20O4S. The van der Waals surface area contributed by atoms with Gasteiger partial charge >= 0.3 is 5.97 Å². The molecule has 0 saturated heterocycles. The first-order valence-electron chi connectivity index (χ1n) is 6.59. The van der Waals surface area contributed by atoms with Crippen molar-refractivity contribution in [1.82, 2.24) is 0 Å².